The molecule has 0 spiro atoms. The fourth-order valence-electron chi connectivity index (χ4n) is 2.42. The Morgan fingerprint density at radius 3 is 1.93 bits per heavy atom. The van der Waals surface area contributed by atoms with Gasteiger partial charge in [0.15, 0.2) is 0 Å². The lowest BCUT2D eigenvalue weighted by atomic mass is 9.75. The van der Waals surface area contributed by atoms with Crippen molar-refractivity contribution in [2.75, 3.05) is 26.3 Å². The summed E-state index contributed by atoms with van der Waals surface area (Å²) in [7, 11) is 0. The first kappa shape index (κ1) is 12.9. The Hall–Kier alpha value is -0.120. The van der Waals surface area contributed by atoms with Crippen LogP contribution in [0.4, 0.5) is 0 Å². The second kappa shape index (κ2) is 5.28. The maximum Gasteiger partial charge on any atom is 0.0609 e. The highest BCUT2D eigenvalue weighted by atomic mass is 16.3. The summed E-state index contributed by atoms with van der Waals surface area (Å²) in [4.78, 5) is 2.21. The number of hydrogen-bond donors (Lipinski definition) is 2. The van der Waals surface area contributed by atoms with Gasteiger partial charge in [-0.25, -0.2) is 0 Å². The van der Waals surface area contributed by atoms with E-state index in [9.17, 15) is 0 Å². The minimum Gasteiger partial charge on any atom is -0.395 e. The first-order valence-corrected chi connectivity index (χ1v) is 5.94. The van der Waals surface area contributed by atoms with Crippen LogP contribution in [0.15, 0.2) is 0 Å². The smallest absolute Gasteiger partial charge is 0.0609 e. The lowest BCUT2D eigenvalue weighted by Gasteiger charge is -2.41. The molecule has 0 aliphatic carbocycles. The molecular formula is C12H25NO2. The van der Waals surface area contributed by atoms with Crippen molar-refractivity contribution in [1.29, 1.82) is 0 Å². The van der Waals surface area contributed by atoms with Gasteiger partial charge in [-0.2, -0.15) is 0 Å². The highest BCUT2D eigenvalue weighted by Gasteiger charge is 2.30. The van der Waals surface area contributed by atoms with Gasteiger partial charge in [-0.05, 0) is 37.3 Å². The van der Waals surface area contributed by atoms with Crippen molar-refractivity contribution in [1.82, 2.24) is 4.90 Å². The van der Waals surface area contributed by atoms with Crippen LogP contribution in [-0.4, -0.2) is 47.5 Å². The van der Waals surface area contributed by atoms with E-state index in [1.807, 2.05) is 0 Å². The van der Waals surface area contributed by atoms with Gasteiger partial charge in [-0.1, -0.05) is 20.8 Å². The lowest BCUT2D eigenvalue weighted by molar-refractivity contribution is 0.0309. The summed E-state index contributed by atoms with van der Waals surface area (Å²) in [6.45, 7) is 9.03. The molecule has 1 saturated heterocycles. The molecule has 1 aliphatic rings. The molecule has 0 aromatic carbocycles. The topological polar surface area (TPSA) is 43.7 Å². The minimum absolute atomic E-state index is 0.0501. The fourth-order valence-corrected chi connectivity index (χ4v) is 2.42. The first-order valence-electron chi connectivity index (χ1n) is 5.94. The van der Waals surface area contributed by atoms with Gasteiger partial charge in [0.2, 0.25) is 0 Å². The average molecular weight is 215 g/mol. The fraction of sp³-hybridized carbons (Fsp3) is 1.00. The summed E-state index contributed by atoms with van der Waals surface area (Å²) in [5.74, 6) is 0.770. The second-order valence-corrected chi connectivity index (χ2v) is 5.70. The van der Waals surface area contributed by atoms with Crippen molar-refractivity contribution in [2.24, 2.45) is 11.3 Å². The van der Waals surface area contributed by atoms with Gasteiger partial charge in [0, 0.05) is 0 Å². The molecule has 0 bridgehead atoms. The molecule has 0 saturated carbocycles. The van der Waals surface area contributed by atoms with Crippen LogP contribution < -0.4 is 0 Å². The highest BCUT2D eigenvalue weighted by molar-refractivity contribution is 4.83. The summed E-state index contributed by atoms with van der Waals surface area (Å²) < 4.78 is 0. The number of aliphatic hydroxyl groups excluding tert-OH is 2. The van der Waals surface area contributed by atoms with Gasteiger partial charge in [0.1, 0.15) is 0 Å². The number of piperidine rings is 1. The lowest BCUT2D eigenvalue weighted by Crippen LogP contribution is -2.46. The van der Waals surface area contributed by atoms with E-state index in [0.29, 0.717) is 5.41 Å². The van der Waals surface area contributed by atoms with E-state index < -0.39 is 0 Å². The normalized spacial score (nSPS) is 21.2. The zero-order valence-corrected chi connectivity index (χ0v) is 10.2. The Bertz CT molecular complexity index is 177. The number of hydrogen-bond acceptors (Lipinski definition) is 3. The van der Waals surface area contributed by atoms with Gasteiger partial charge in [0.25, 0.3) is 0 Å². The molecule has 0 amide bonds. The monoisotopic (exact) mass is 215 g/mol. The molecule has 3 nitrogen and oxygen atoms in total. The van der Waals surface area contributed by atoms with E-state index in [4.69, 9.17) is 10.2 Å². The number of nitrogens with zero attached hydrogens (tertiary/aromatic N) is 1. The molecule has 1 fully saturated rings. The number of aliphatic hydroxyl groups is 2. The SMILES string of the molecule is CC(C)(C)C1CCN(C(CO)CO)CC1. The third kappa shape index (κ3) is 3.44. The average Bonchev–Trinajstić information content (AvgIpc) is 2.19. The van der Waals surface area contributed by atoms with Gasteiger partial charge < -0.3 is 10.2 Å². The van der Waals surface area contributed by atoms with Gasteiger partial charge in [0.05, 0.1) is 19.3 Å². The zero-order valence-electron chi connectivity index (χ0n) is 10.2. The zero-order chi connectivity index (χ0) is 11.5. The maximum atomic E-state index is 9.10. The standard InChI is InChI=1S/C12H25NO2/c1-12(2,3)10-4-6-13(7-5-10)11(8-14)9-15/h10-11,14-15H,4-9H2,1-3H3. The van der Waals surface area contributed by atoms with Crippen molar-refractivity contribution >= 4 is 0 Å². The largest absolute Gasteiger partial charge is 0.395 e. The third-order valence-corrected chi connectivity index (χ3v) is 3.69. The summed E-state index contributed by atoms with van der Waals surface area (Å²) in [5, 5.41) is 18.2. The maximum absolute atomic E-state index is 9.10. The number of rotatable bonds is 3. The van der Waals surface area contributed by atoms with Crippen LogP contribution in [0.2, 0.25) is 0 Å². The molecule has 3 heteroatoms. The van der Waals surface area contributed by atoms with Gasteiger partial charge in [-0.15, -0.1) is 0 Å². The molecule has 15 heavy (non-hydrogen) atoms. The Morgan fingerprint density at radius 1 is 1.13 bits per heavy atom. The van der Waals surface area contributed by atoms with E-state index in [2.05, 4.69) is 25.7 Å². The first-order chi connectivity index (χ1) is 6.99. The molecule has 0 atom stereocenters. The molecule has 0 aromatic rings. The molecule has 1 rings (SSSR count). The molecular weight excluding hydrogens is 190 g/mol. The second-order valence-electron chi connectivity index (χ2n) is 5.70. The summed E-state index contributed by atoms with van der Waals surface area (Å²) in [6.07, 6.45) is 2.36. The van der Waals surface area contributed by atoms with Crippen molar-refractivity contribution in [3.05, 3.63) is 0 Å². The van der Waals surface area contributed by atoms with Crippen molar-refractivity contribution in [3.8, 4) is 0 Å². The van der Waals surface area contributed by atoms with E-state index in [1.165, 1.54) is 12.8 Å². The van der Waals surface area contributed by atoms with E-state index in [-0.39, 0.29) is 19.3 Å². The number of likely N-dealkylation sites (tertiary alicyclic amines) is 1. The Balaban J connectivity index is 2.42. The van der Waals surface area contributed by atoms with E-state index in [0.717, 1.165) is 19.0 Å². The van der Waals surface area contributed by atoms with Crippen LogP contribution in [0.1, 0.15) is 33.6 Å². The summed E-state index contributed by atoms with van der Waals surface area (Å²) in [5.41, 5.74) is 0.389. The van der Waals surface area contributed by atoms with Crippen molar-refractivity contribution < 1.29 is 10.2 Å². The van der Waals surface area contributed by atoms with Gasteiger partial charge in [-0.3, -0.25) is 4.90 Å². The van der Waals surface area contributed by atoms with Crippen molar-refractivity contribution in [3.63, 3.8) is 0 Å². The molecule has 2 N–H and O–H groups in total. The van der Waals surface area contributed by atoms with Crippen LogP contribution >= 0.6 is 0 Å². The van der Waals surface area contributed by atoms with E-state index >= 15 is 0 Å². The van der Waals surface area contributed by atoms with Crippen LogP contribution in [0.25, 0.3) is 0 Å². The van der Waals surface area contributed by atoms with Crippen LogP contribution in [0, 0.1) is 11.3 Å². The highest BCUT2D eigenvalue weighted by Crippen LogP contribution is 2.34. The van der Waals surface area contributed by atoms with E-state index in [1.54, 1.807) is 0 Å². The summed E-state index contributed by atoms with van der Waals surface area (Å²) in [6, 6.07) is -0.0501. The van der Waals surface area contributed by atoms with Crippen molar-refractivity contribution in [2.45, 2.75) is 39.7 Å². The molecule has 90 valence electrons. The van der Waals surface area contributed by atoms with Crippen LogP contribution in [0.3, 0.4) is 0 Å². The molecule has 1 aliphatic heterocycles. The molecule has 0 radical (unpaired) electrons. The predicted molar refractivity (Wildman–Crippen MR) is 61.7 cm³/mol. The predicted octanol–water partition coefficient (Wildman–Crippen LogP) is 1.10. The quantitative estimate of drug-likeness (QED) is 0.741. The van der Waals surface area contributed by atoms with Gasteiger partial charge >= 0.3 is 0 Å². The van der Waals surface area contributed by atoms with Crippen LogP contribution in [-0.2, 0) is 0 Å². The Kier molecular flexibility index (Phi) is 4.56. The summed E-state index contributed by atoms with van der Waals surface area (Å²) >= 11 is 0. The third-order valence-electron chi connectivity index (χ3n) is 3.69. The minimum atomic E-state index is -0.0501. The Morgan fingerprint density at radius 2 is 1.60 bits per heavy atom. The Labute approximate surface area is 93.1 Å². The molecule has 1 heterocycles. The molecule has 0 unspecified atom stereocenters. The van der Waals surface area contributed by atoms with Crippen LogP contribution in [0.5, 0.6) is 0 Å². The molecule has 0 aromatic heterocycles.